The van der Waals surface area contributed by atoms with Gasteiger partial charge in [0, 0.05) is 23.1 Å². The molecule has 0 aromatic heterocycles. The topological polar surface area (TPSA) is 66.4 Å². The van der Waals surface area contributed by atoms with E-state index in [2.05, 4.69) is 39.5 Å². The van der Waals surface area contributed by atoms with E-state index in [1.165, 1.54) is 12.0 Å². The van der Waals surface area contributed by atoms with E-state index in [-0.39, 0.29) is 18.4 Å². The summed E-state index contributed by atoms with van der Waals surface area (Å²) in [6, 6.07) is 6.23. The maximum atomic E-state index is 13.0. The van der Waals surface area contributed by atoms with Gasteiger partial charge in [0.25, 0.3) is 5.91 Å². The largest absolute Gasteiger partial charge is 0.481 e. The molecule has 0 radical (unpaired) electrons. The molecule has 1 aliphatic heterocycles. The monoisotopic (exact) mass is 465 g/mol. The van der Waals surface area contributed by atoms with Gasteiger partial charge in [-0.05, 0) is 49.7 Å². The average Bonchev–Trinajstić information content (AvgIpc) is 3.06. The Labute approximate surface area is 179 Å². The molecular weight excluding hydrogens is 438 g/mol. The van der Waals surface area contributed by atoms with E-state index in [1.54, 1.807) is 11.8 Å². The highest BCUT2D eigenvalue weighted by Crippen LogP contribution is 2.44. The van der Waals surface area contributed by atoms with Gasteiger partial charge in [-0.3, -0.25) is 9.59 Å². The zero-order valence-electron chi connectivity index (χ0n) is 16.0. The van der Waals surface area contributed by atoms with E-state index in [4.69, 9.17) is 5.11 Å². The number of hydrogen-bond acceptors (Lipinski definition) is 3. The molecule has 1 saturated carbocycles. The van der Waals surface area contributed by atoms with E-state index in [0.29, 0.717) is 17.2 Å². The third-order valence-electron chi connectivity index (χ3n) is 5.59. The van der Waals surface area contributed by atoms with Crippen LogP contribution in [-0.4, -0.2) is 28.8 Å². The second kappa shape index (κ2) is 10.5. The summed E-state index contributed by atoms with van der Waals surface area (Å²) in [7, 11) is 0. The second-order valence-electron chi connectivity index (χ2n) is 7.62. The van der Waals surface area contributed by atoms with Crippen LogP contribution in [0, 0.1) is 5.92 Å². The Morgan fingerprint density at radius 1 is 1.25 bits per heavy atom. The molecule has 0 saturated heterocycles. The quantitative estimate of drug-likeness (QED) is 0.292. The van der Waals surface area contributed by atoms with E-state index >= 15 is 0 Å². The number of carboxylic acids is 1. The van der Waals surface area contributed by atoms with E-state index in [0.717, 1.165) is 48.3 Å². The Hall–Kier alpha value is -1.27. The van der Waals surface area contributed by atoms with Gasteiger partial charge in [0.05, 0.1) is 10.4 Å². The first-order valence-electron chi connectivity index (χ1n) is 10.1. The van der Waals surface area contributed by atoms with Gasteiger partial charge < -0.3 is 10.4 Å². The standard InChI is InChI=1S/C22H28BrNO3S/c23-18-14-28-21-16(18)10-7-11-17(21)22(27)24-19-12-6-5-9-15(19)8-3-1-2-4-13-20(25)26/h1,3,7,10-11,15,18-19H,2,4-6,8-9,12-14H2,(H,24,27)(H,25,26)/b3-1-. The van der Waals surface area contributed by atoms with Crippen molar-refractivity contribution in [3.8, 4) is 0 Å². The van der Waals surface area contributed by atoms with Crippen molar-refractivity contribution in [3.05, 3.63) is 41.5 Å². The van der Waals surface area contributed by atoms with Crippen LogP contribution in [0.25, 0.3) is 0 Å². The van der Waals surface area contributed by atoms with Crippen LogP contribution in [0.5, 0.6) is 0 Å². The van der Waals surface area contributed by atoms with Crippen molar-refractivity contribution in [2.24, 2.45) is 5.92 Å². The van der Waals surface area contributed by atoms with Gasteiger partial charge in [-0.25, -0.2) is 0 Å². The maximum absolute atomic E-state index is 13.0. The highest BCUT2D eigenvalue weighted by molar-refractivity contribution is 9.09. The molecule has 6 heteroatoms. The van der Waals surface area contributed by atoms with Crippen LogP contribution in [0.1, 0.15) is 72.1 Å². The van der Waals surface area contributed by atoms with Crippen molar-refractivity contribution < 1.29 is 14.7 Å². The summed E-state index contributed by atoms with van der Waals surface area (Å²) in [5.41, 5.74) is 2.03. The minimum atomic E-state index is -0.736. The Morgan fingerprint density at radius 3 is 2.89 bits per heavy atom. The van der Waals surface area contributed by atoms with Gasteiger partial charge in [-0.15, -0.1) is 11.8 Å². The lowest BCUT2D eigenvalue weighted by Crippen LogP contribution is -2.42. The number of carbonyl (C=O) groups excluding carboxylic acids is 1. The summed E-state index contributed by atoms with van der Waals surface area (Å²) in [4.78, 5) is 25.0. The number of fused-ring (bicyclic) bond motifs is 1. The predicted octanol–water partition coefficient (Wildman–Crippen LogP) is 5.72. The number of carbonyl (C=O) groups is 2. The second-order valence-corrected chi connectivity index (χ2v) is 9.76. The van der Waals surface area contributed by atoms with Crippen LogP contribution in [0.15, 0.2) is 35.2 Å². The van der Waals surface area contributed by atoms with Crippen molar-refractivity contribution in [1.82, 2.24) is 5.32 Å². The zero-order valence-corrected chi connectivity index (χ0v) is 18.4. The first kappa shape index (κ1) is 21.4. The molecule has 3 atom stereocenters. The summed E-state index contributed by atoms with van der Waals surface area (Å²) in [5, 5.41) is 12.0. The summed E-state index contributed by atoms with van der Waals surface area (Å²) in [5.74, 6) is 0.744. The molecule has 3 rings (SSSR count). The predicted molar refractivity (Wildman–Crippen MR) is 117 cm³/mol. The van der Waals surface area contributed by atoms with E-state index < -0.39 is 5.97 Å². The Morgan fingerprint density at radius 2 is 2.07 bits per heavy atom. The van der Waals surface area contributed by atoms with Crippen LogP contribution in [0.3, 0.4) is 0 Å². The molecule has 2 N–H and O–H groups in total. The molecule has 1 amide bonds. The molecule has 1 aliphatic carbocycles. The van der Waals surface area contributed by atoms with Crippen LogP contribution in [-0.2, 0) is 4.79 Å². The molecule has 3 unspecified atom stereocenters. The fourth-order valence-corrected chi connectivity index (χ4v) is 6.19. The minimum absolute atomic E-state index is 0.0493. The van der Waals surface area contributed by atoms with Gasteiger partial charge in [0.1, 0.15) is 0 Å². The van der Waals surface area contributed by atoms with Crippen molar-refractivity contribution in [3.63, 3.8) is 0 Å². The SMILES string of the molecule is O=C(O)CCC/C=C\CC1CCCCC1NC(=O)c1cccc2c1SCC2Br. The van der Waals surface area contributed by atoms with E-state index in [1.807, 2.05) is 12.1 Å². The normalized spacial score (nSPS) is 24.2. The molecule has 4 nitrogen and oxygen atoms in total. The number of halogens is 1. The first-order valence-corrected chi connectivity index (χ1v) is 12.0. The van der Waals surface area contributed by atoms with Crippen molar-refractivity contribution in [1.29, 1.82) is 0 Å². The molecule has 1 heterocycles. The van der Waals surface area contributed by atoms with Gasteiger partial charge in [-0.2, -0.15) is 0 Å². The third-order valence-corrected chi connectivity index (χ3v) is 8.08. The molecule has 1 fully saturated rings. The number of nitrogens with one attached hydrogen (secondary N) is 1. The van der Waals surface area contributed by atoms with Crippen LogP contribution < -0.4 is 5.32 Å². The smallest absolute Gasteiger partial charge is 0.303 e. The molecular formula is C22H28BrNO3S. The molecule has 0 spiro atoms. The van der Waals surface area contributed by atoms with Gasteiger partial charge in [0.2, 0.25) is 0 Å². The number of amides is 1. The minimum Gasteiger partial charge on any atom is -0.481 e. The number of benzene rings is 1. The number of thioether (sulfide) groups is 1. The molecule has 28 heavy (non-hydrogen) atoms. The summed E-state index contributed by atoms with van der Waals surface area (Å²) < 4.78 is 0. The summed E-state index contributed by atoms with van der Waals surface area (Å²) in [6.45, 7) is 0. The third kappa shape index (κ3) is 5.63. The van der Waals surface area contributed by atoms with Gasteiger partial charge >= 0.3 is 5.97 Å². The Balaban J connectivity index is 1.57. The van der Waals surface area contributed by atoms with E-state index in [9.17, 15) is 9.59 Å². The van der Waals surface area contributed by atoms with Crippen molar-refractivity contribution >= 4 is 39.6 Å². The van der Waals surface area contributed by atoms with Crippen molar-refractivity contribution in [2.75, 3.05) is 5.75 Å². The molecule has 152 valence electrons. The number of aliphatic carboxylic acids is 1. The fourth-order valence-electron chi connectivity index (χ4n) is 4.07. The number of carboxylic acid groups (broad SMARTS) is 1. The average molecular weight is 466 g/mol. The summed E-state index contributed by atoms with van der Waals surface area (Å²) in [6.07, 6.45) is 11.5. The highest BCUT2D eigenvalue weighted by atomic mass is 79.9. The summed E-state index contributed by atoms with van der Waals surface area (Å²) >= 11 is 5.45. The van der Waals surface area contributed by atoms with Gasteiger partial charge in [-0.1, -0.05) is 53.1 Å². The van der Waals surface area contributed by atoms with Crippen LogP contribution in [0.2, 0.25) is 0 Å². The van der Waals surface area contributed by atoms with Crippen molar-refractivity contribution in [2.45, 2.75) is 67.1 Å². The Bertz CT molecular complexity index is 736. The fraction of sp³-hybridized carbons (Fsp3) is 0.545. The number of allylic oxidation sites excluding steroid dienone is 2. The van der Waals surface area contributed by atoms with Crippen LogP contribution >= 0.6 is 27.7 Å². The molecule has 0 bridgehead atoms. The maximum Gasteiger partial charge on any atom is 0.303 e. The number of unbranched alkanes of at least 4 members (excludes halogenated alkanes) is 1. The number of hydrogen-bond donors (Lipinski definition) is 2. The lowest BCUT2D eigenvalue weighted by atomic mass is 9.82. The number of alkyl halides is 1. The number of rotatable bonds is 8. The molecule has 1 aromatic rings. The molecule has 2 aliphatic rings. The highest BCUT2D eigenvalue weighted by Gasteiger charge is 2.29. The lowest BCUT2D eigenvalue weighted by molar-refractivity contribution is -0.137. The zero-order chi connectivity index (χ0) is 19.9. The molecule has 1 aromatic carbocycles. The van der Waals surface area contributed by atoms with Gasteiger partial charge in [0.15, 0.2) is 0 Å². The van der Waals surface area contributed by atoms with Crippen LogP contribution in [0.4, 0.5) is 0 Å². The first-order chi connectivity index (χ1) is 13.6. The Kier molecular flexibility index (Phi) is 8.03. The lowest BCUT2D eigenvalue weighted by Gasteiger charge is -2.32.